The molecule has 0 saturated carbocycles. The number of amides is 1. The largest absolute Gasteiger partial charge is 0.497 e. The molecule has 142 valence electrons. The Hall–Kier alpha value is -2.23. The van der Waals surface area contributed by atoms with Crippen molar-refractivity contribution in [3.8, 4) is 17.0 Å². The van der Waals surface area contributed by atoms with Crippen LogP contribution in [0.15, 0.2) is 29.3 Å². The van der Waals surface area contributed by atoms with Crippen LogP contribution in [0.5, 0.6) is 5.75 Å². The molecule has 1 aromatic carbocycles. The zero-order valence-electron chi connectivity index (χ0n) is 15.3. The Balaban J connectivity index is 1.83. The number of hydrogen-bond acceptors (Lipinski definition) is 8. The summed E-state index contributed by atoms with van der Waals surface area (Å²) in [6.45, 7) is 2.93. The number of thioether (sulfide) groups is 1. The van der Waals surface area contributed by atoms with Crippen LogP contribution in [0.3, 0.4) is 0 Å². The van der Waals surface area contributed by atoms with Crippen LogP contribution in [0.1, 0.15) is 5.01 Å². The van der Waals surface area contributed by atoms with Crippen LogP contribution in [0.25, 0.3) is 21.5 Å². The molecule has 1 amide bonds. The maximum Gasteiger partial charge on any atom is 0.230 e. The molecule has 7 nitrogen and oxygen atoms in total. The van der Waals surface area contributed by atoms with Crippen LogP contribution in [0, 0.1) is 6.92 Å². The lowest BCUT2D eigenvalue weighted by Crippen LogP contribution is -2.28. The van der Waals surface area contributed by atoms with Gasteiger partial charge in [0.1, 0.15) is 22.0 Å². The topological polar surface area (TPSA) is 86.2 Å². The van der Waals surface area contributed by atoms with Gasteiger partial charge in [-0.25, -0.2) is 4.98 Å². The average molecular weight is 405 g/mol. The van der Waals surface area contributed by atoms with Gasteiger partial charge in [0.15, 0.2) is 0 Å². The third-order valence-electron chi connectivity index (χ3n) is 3.72. The van der Waals surface area contributed by atoms with Crippen molar-refractivity contribution in [2.75, 3.05) is 33.1 Å². The number of nitrogens with zero attached hydrogens (tertiary/aromatic N) is 3. The first kappa shape index (κ1) is 19.5. The molecule has 0 fully saturated rings. The summed E-state index contributed by atoms with van der Waals surface area (Å²) in [5, 5.41) is 13.1. The number of aryl methyl sites for hydroxylation is 1. The van der Waals surface area contributed by atoms with E-state index in [0.717, 1.165) is 32.2 Å². The van der Waals surface area contributed by atoms with E-state index in [1.165, 1.54) is 11.8 Å². The molecular weight excluding hydrogens is 384 g/mol. The second kappa shape index (κ2) is 9.12. The fourth-order valence-corrected chi connectivity index (χ4v) is 4.18. The van der Waals surface area contributed by atoms with Crippen molar-refractivity contribution in [3.05, 3.63) is 29.3 Å². The first-order valence-electron chi connectivity index (χ1n) is 8.29. The number of hydrogen-bond donors (Lipinski definition) is 1. The van der Waals surface area contributed by atoms with Crippen molar-refractivity contribution in [1.82, 2.24) is 20.5 Å². The van der Waals surface area contributed by atoms with Crippen LogP contribution in [0.2, 0.25) is 0 Å². The molecule has 2 aromatic heterocycles. The van der Waals surface area contributed by atoms with Crippen molar-refractivity contribution in [2.45, 2.75) is 11.9 Å². The summed E-state index contributed by atoms with van der Waals surface area (Å²) >= 11 is 2.91. The quantitative estimate of drug-likeness (QED) is 0.456. The molecule has 1 N–H and O–H groups in total. The third-order valence-corrected chi connectivity index (χ3v) is 5.66. The van der Waals surface area contributed by atoms with Crippen molar-refractivity contribution < 1.29 is 14.3 Å². The number of thiazole rings is 1. The summed E-state index contributed by atoms with van der Waals surface area (Å²) in [5.74, 6) is 0.972. The van der Waals surface area contributed by atoms with Gasteiger partial charge in [0.05, 0.1) is 29.2 Å². The number of nitrogens with one attached hydrogen (secondary N) is 1. The molecule has 2 heterocycles. The fraction of sp³-hybridized carbons (Fsp3) is 0.333. The molecule has 9 heteroatoms. The van der Waals surface area contributed by atoms with Gasteiger partial charge >= 0.3 is 0 Å². The van der Waals surface area contributed by atoms with E-state index < -0.39 is 0 Å². The number of rotatable bonds is 8. The average Bonchev–Trinajstić information content (AvgIpc) is 3.08. The normalized spacial score (nSPS) is 10.9. The van der Waals surface area contributed by atoms with Crippen LogP contribution in [-0.4, -0.2) is 54.2 Å². The van der Waals surface area contributed by atoms with E-state index in [1.807, 2.05) is 31.2 Å². The first-order chi connectivity index (χ1) is 13.1. The zero-order valence-corrected chi connectivity index (χ0v) is 16.9. The smallest absolute Gasteiger partial charge is 0.230 e. The molecule has 0 bridgehead atoms. The Labute approximate surface area is 165 Å². The first-order valence-corrected chi connectivity index (χ1v) is 10.1. The van der Waals surface area contributed by atoms with Crippen LogP contribution in [-0.2, 0) is 9.53 Å². The van der Waals surface area contributed by atoms with Gasteiger partial charge in [0, 0.05) is 19.2 Å². The number of carbonyl (C=O) groups excluding carboxylic acids is 1. The predicted molar refractivity (Wildman–Crippen MR) is 108 cm³/mol. The van der Waals surface area contributed by atoms with E-state index in [1.54, 1.807) is 25.6 Å². The monoisotopic (exact) mass is 404 g/mol. The van der Waals surface area contributed by atoms with Gasteiger partial charge in [-0.15, -0.1) is 21.5 Å². The Kier molecular flexibility index (Phi) is 6.59. The molecule has 0 atom stereocenters. The van der Waals surface area contributed by atoms with Crippen LogP contribution >= 0.6 is 23.1 Å². The molecule has 0 saturated heterocycles. The van der Waals surface area contributed by atoms with Gasteiger partial charge in [-0.1, -0.05) is 11.8 Å². The van der Waals surface area contributed by atoms with Gasteiger partial charge < -0.3 is 14.8 Å². The molecular formula is C18H20N4O3S2. The highest BCUT2D eigenvalue weighted by Gasteiger charge is 2.17. The highest BCUT2D eigenvalue weighted by molar-refractivity contribution is 8.00. The van der Waals surface area contributed by atoms with E-state index in [9.17, 15) is 4.79 Å². The Morgan fingerprint density at radius 3 is 2.70 bits per heavy atom. The summed E-state index contributed by atoms with van der Waals surface area (Å²) in [6, 6.07) is 7.69. The highest BCUT2D eigenvalue weighted by Crippen LogP contribution is 2.35. The van der Waals surface area contributed by atoms with Gasteiger partial charge in [-0.2, -0.15) is 0 Å². The predicted octanol–water partition coefficient (Wildman–Crippen LogP) is 2.93. The SMILES string of the molecule is COCCNC(=O)CSc1nnc(-c2ccc(OC)cc2)c2sc(C)nc12. The van der Waals surface area contributed by atoms with Crippen LogP contribution < -0.4 is 10.1 Å². The molecule has 0 radical (unpaired) electrons. The minimum Gasteiger partial charge on any atom is -0.497 e. The number of fused-ring (bicyclic) bond motifs is 1. The van der Waals surface area contributed by atoms with Crippen molar-refractivity contribution in [3.63, 3.8) is 0 Å². The number of methoxy groups -OCH3 is 2. The van der Waals surface area contributed by atoms with Crippen molar-refractivity contribution in [2.24, 2.45) is 0 Å². The van der Waals surface area contributed by atoms with E-state index in [4.69, 9.17) is 9.47 Å². The highest BCUT2D eigenvalue weighted by atomic mass is 32.2. The van der Waals surface area contributed by atoms with Gasteiger partial charge in [-0.05, 0) is 31.2 Å². The minimum atomic E-state index is -0.0711. The minimum absolute atomic E-state index is 0.0711. The number of benzene rings is 1. The Morgan fingerprint density at radius 2 is 2.00 bits per heavy atom. The molecule has 0 aliphatic heterocycles. The third kappa shape index (κ3) is 4.74. The lowest BCUT2D eigenvalue weighted by Gasteiger charge is -2.06. The summed E-state index contributed by atoms with van der Waals surface area (Å²) < 4.78 is 11.1. The van der Waals surface area contributed by atoms with E-state index in [0.29, 0.717) is 18.2 Å². The second-order valence-electron chi connectivity index (χ2n) is 5.62. The number of carbonyl (C=O) groups is 1. The van der Waals surface area contributed by atoms with Gasteiger partial charge in [0.25, 0.3) is 0 Å². The zero-order chi connectivity index (χ0) is 19.2. The van der Waals surface area contributed by atoms with Crippen LogP contribution in [0.4, 0.5) is 0 Å². The number of ether oxygens (including phenoxy) is 2. The Bertz CT molecular complexity index is 928. The van der Waals surface area contributed by atoms with Gasteiger partial charge in [-0.3, -0.25) is 4.79 Å². The maximum absolute atomic E-state index is 11.9. The van der Waals surface area contributed by atoms with Crippen molar-refractivity contribution in [1.29, 1.82) is 0 Å². The molecule has 3 rings (SSSR count). The molecule has 0 aliphatic carbocycles. The Morgan fingerprint density at radius 1 is 1.22 bits per heavy atom. The summed E-state index contributed by atoms with van der Waals surface area (Å²) in [5.41, 5.74) is 2.52. The van der Waals surface area contributed by atoms with E-state index in [2.05, 4.69) is 20.5 Å². The molecule has 0 unspecified atom stereocenters. The second-order valence-corrected chi connectivity index (χ2v) is 7.79. The lowest BCUT2D eigenvalue weighted by molar-refractivity contribution is -0.118. The number of aromatic nitrogens is 3. The molecule has 0 spiro atoms. The van der Waals surface area contributed by atoms with Gasteiger partial charge in [0.2, 0.25) is 5.91 Å². The maximum atomic E-state index is 11.9. The molecule has 27 heavy (non-hydrogen) atoms. The molecule has 3 aromatic rings. The lowest BCUT2D eigenvalue weighted by atomic mass is 10.1. The van der Waals surface area contributed by atoms with Crippen molar-refractivity contribution >= 4 is 39.2 Å². The van der Waals surface area contributed by atoms with E-state index in [-0.39, 0.29) is 11.7 Å². The fourth-order valence-electron chi connectivity index (χ4n) is 2.43. The summed E-state index contributed by atoms with van der Waals surface area (Å²) in [4.78, 5) is 16.5. The standard InChI is InChI=1S/C18H20N4O3S2/c1-11-20-16-17(27-11)15(12-4-6-13(25-3)7-5-12)21-22-18(16)26-10-14(23)19-8-9-24-2/h4-7H,8-10H2,1-3H3,(H,19,23). The summed E-state index contributed by atoms with van der Waals surface area (Å²) in [6.07, 6.45) is 0. The molecule has 0 aliphatic rings. The van der Waals surface area contributed by atoms with E-state index >= 15 is 0 Å². The summed E-state index contributed by atoms with van der Waals surface area (Å²) in [7, 11) is 3.24.